The van der Waals surface area contributed by atoms with E-state index in [0.717, 1.165) is 72.8 Å². The maximum absolute atomic E-state index is 6.13. The van der Waals surface area contributed by atoms with Crippen LogP contribution >= 0.6 is 0 Å². The molecule has 148 valence electrons. The van der Waals surface area contributed by atoms with Gasteiger partial charge in [0.25, 0.3) is 0 Å². The Kier molecular flexibility index (Phi) is 4.77. The number of nitrogens with zero attached hydrogens (tertiary/aromatic N) is 4. The van der Waals surface area contributed by atoms with Gasteiger partial charge in [0.2, 0.25) is 0 Å². The van der Waals surface area contributed by atoms with Gasteiger partial charge in [0, 0.05) is 38.1 Å². The van der Waals surface area contributed by atoms with Crippen molar-refractivity contribution in [2.45, 2.75) is 13.0 Å². The highest BCUT2D eigenvalue weighted by molar-refractivity contribution is 6.05. The van der Waals surface area contributed by atoms with Crippen LogP contribution in [0.3, 0.4) is 0 Å². The fourth-order valence-corrected chi connectivity index (χ4v) is 4.07. The second-order valence-electron chi connectivity index (χ2n) is 7.44. The molecule has 0 N–H and O–H groups in total. The van der Waals surface area contributed by atoms with Crippen LogP contribution in [-0.2, 0) is 6.54 Å². The minimum Gasteiger partial charge on any atom is -0.497 e. The van der Waals surface area contributed by atoms with Crippen molar-refractivity contribution in [1.82, 2.24) is 14.9 Å². The summed E-state index contributed by atoms with van der Waals surface area (Å²) in [6, 6.07) is 16.4. The second-order valence-corrected chi connectivity index (χ2v) is 7.44. The Bertz CT molecular complexity index is 1120. The number of benzene rings is 2. The van der Waals surface area contributed by atoms with Gasteiger partial charge in [0.1, 0.15) is 23.2 Å². The van der Waals surface area contributed by atoms with E-state index in [0.29, 0.717) is 0 Å². The van der Waals surface area contributed by atoms with E-state index < -0.39 is 0 Å². The van der Waals surface area contributed by atoms with Gasteiger partial charge in [-0.2, -0.15) is 0 Å². The third kappa shape index (κ3) is 3.51. The Morgan fingerprint density at radius 2 is 1.83 bits per heavy atom. The average molecular weight is 388 g/mol. The molecule has 1 aliphatic rings. The van der Waals surface area contributed by atoms with Gasteiger partial charge in [0.15, 0.2) is 11.4 Å². The summed E-state index contributed by atoms with van der Waals surface area (Å²) in [6.45, 7) is 4.87. The lowest BCUT2D eigenvalue weighted by atomic mass is 10.2. The maximum atomic E-state index is 6.13. The molecule has 0 atom stereocenters. The molecule has 3 heterocycles. The van der Waals surface area contributed by atoms with Crippen LogP contribution < -0.4 is 9.64 Å². The molecule has 2 aromatic carbocycles. The first-order valence-electron chi connectivity index (χ1n) is 10.0. The van der Waals surface area contributed by atoms with Gasteiger partial charge in [-0.25, -0.2) is 9.97 Å². The van der Waals surface area contributed by atoms with E-state index in [1.54, 1.807) is 13.4 Å². The zero-order valence-electron chi connectivity index (χ0n) is 16.5. The number of hydrogen-bond acceptors (Lipinski definition) is 6. The van der Waals surface area contributed by atoms with Crippen LogP contribution in [0.1, 0.15) is 12.0 Å². The van der Waals surface area contributed by atoms with Crippen LogP contribution in [0.15, 0.2) is 59.3 Å². The average Bonchev–Trinajstić information content (AvgIpc) is 3.00. The molecule has 29 heavy (non-hydrogen) atoms. The quantitative estimate of drug-likeness (QED) is 0.525. The summed E-state index contributed by atoms with van der Waals surface area (Å²) in [5.41, 5.74) is 3.85. The molecule has 1 aliphatic heterocycles. The maximum Gasteiger partial charge on any atom is 0.196 e. The fraction of sp³-hybridized carbons (Fsp3) is 0.304. The number of hydrogen-bond donors (Lipinski definition) is 0. The molecule has 0 saturated carbocycles. The highest BCUT2D eigenvalue weighted by Gasteiger charge is 2.21. The molecule has 5 rings (SSSR count). The number of furan rings is 1. The van der Waals surface area contributed by atoms with Gasteiger partial charge in [0.05, 0.1) is 7.11 Å². The van der Waals surface area contributed by atoms with Crippen molar-refractivity contribution in [2.24, 2.45) is 0 Å². The summed E-state index contributed by atoms with van der Waals surface area (Å²) < 4.78 is 11.4. The molecular weight excluding hydrogens is 364 g/mol. The first kappa shape index (κ1) is 17.9. The molecule has 0 bridgehead atoms. The third-order valence-electron chi connectivity index (χ3n) is 5.59. The minimum atomic E-state index is 0.789. The standard InChI is InChI=1S/C23H24N4O2/c1-28-18-9-7-17(8-10-18)15-26-11-4-12-27(14-13-26)23-22-21(24-16-25-23)19-5-2-3-6-20(19)29-22/h2-3,5-10,16H,4,11-15H2,1H3. The largest absolute Gasteiger partial charge is 0.497 e. The van der Waals surface area contributed by atoms with E-state index in [1.807, 2.05) is 30.3 Å². The SMILES string of the molecule is COc1ccc(CN2CCCN(c3ncnc4c3oc3ccccc34)CC2)cc1. The summed E-state index contributed by atoms with van der Waals surface area (Å²) in [5, 5.41) is 1.04. The lowest BCUT2D eigenvalue weighted by molar-refractivity contribution is 0.285. The van der Waals surface area contributed by atoms with Crippen molar-refractivity contribution in [3.05, 3.63) is 60.4 Å². The van der Waals surface area contributed by atoms with E-state index in [-0.39, 0.29) is 0 Å². The first-order valence-corrected chi connectivity index (χ1v) is 10.0. The number of rotatable bonds is 4. The van der Waals surface area contributed by atoms with Crippen molar-refractivity contribution in [3.63, 3.8) is 0 Å². The molecule has 2 aromatic heterocycles. The molecule has 1 saturated heterocycles. The monoisotopic (exact) mass is 388 g/mol. The molecule has 4 aromatic rings. The van der Waals surface area contributed by atoms with Crippen LogP contribution in [0.25, 0.3) is 22.1 Å². The Morgan fingerprint density at radius 3 is 2.69 bits per heavy atom. The molecule has 0 amide bonds. The normalized spacial score (nSPS) is 15.7. The lowest BCUT2D eigenvalue weighted by Crippen LogP contribution is -2.31. The second kappa shape index (κ2) is 7.72. The molecule has 6 heteroatoms. The third-order valence-corrected chi connectivity index (χ3v) is 5.59. The molecule has 0 radical (unpaired) electrons. The van der Waals surface area contributed by atoms with Crippen LogP contribution in [0, 0.1) is 0 Å². The van der Waals surface area contributed by atoms with Crippen molar-refractivity contribution in [2.75, 3.05) is 38.2 Å². The molecule has 0 spiro atoms. The van der Waals surface area contributed by atoms with Crippen LogP contribution in [0.2, 0.25) is 0 Å². The van der Waals surface area contributed by atoms with Gasteiger partial charge in [-0.05, 0) is 36.2 Å². The highest BCUT2D eigenvalue weighted by atomic mass is 16.5. The number of ether oxygens (including phenoxy) is 1. The number of fused-ring (bicyclic) bond motifs is 3. The topological polar surface area (TPSA) is 54.6 Å². The molecule has 6 nitrogen and oxygen atoms in total. The molecule has 0 aliphatic carbocycles. The van der Waals surface area contributed by atoms with E-state index in [4.69, 9.17) is 9.15 Å². The molecule has 1 fully saturated rings. The zero-order valence-corrected chi connectivity index (χ0v) is 16.5. The van der Waals surface area contributed by atoms with Crippen molar-refractivity contribution in [1.29, 1.82) is 0 Å². The Balaban J connectivity index is 1.35. The summed E-state index contributed by atoms with van der Waals surface area (Å²) in [4.78, 5) is 13.9. The minimum absolute atomic E-state index is 0.789. The Labute approximate surface area is 169 Å². The Hall–Kier alpha value is -3.12. The Morgan fingerprint density at radius 1 is 0.966 bits per heavy atom. The van der Waals surface area contributed by atoms with Gasteiger partial charge in [-0.1, -0.05) is 24.3 Å². The number of aromatic nitrogens is 2. The van der Waals surface area contributed by atoms with E-state index in [9.17, 15) is 0 Å². The van der Waals surface area contributed by atoms with Crippen molar-refractivity contribution < 1.29 is 9.15 Å². The summed E-state index contributed by atoms with van der Waals surface area (Å²) in [6.07, 6.45) is 2.74. The number of methoxy groups -OCH3 is 1. The first-order chi connectivity index (χ1) is 14.3. The predicted molar refractivity (Wildman–Crippen MR) is 114 cm³/mol. The smallest absolute Gasteiger partial charge is 0.196 e. The van der Waals surface area contributed by atoms with E-state index in [1.165, 1.54) is 5.56 Å². The molecule has 0 unspecified atom stereocenters. The van der Waals surface area contributed by atoms with Crippen molar-refractivity contribution in [3.8, 4) is 5.75 Å². The van der Waals surface area contributed by atoms with Crippen LogP contribution in [0.4, 0.5) is 5.82 Å². The highest BCUT2D eigenvalue weighted by Crippen LogP contribution is 2.32. The fourth-order valence-electron chi connectivity index (χ4n) is 4.07. The number of para-hydroxylation sites is 1. The van der Waals surface area contributed by atoms with E-state index >= 15 is 0 Å². The van der Waals surface area contributed by atoms with Gasteiger partial charge in [-0.15, -0.1) is 0 Å². The summed E-state index contributed by atoms with van der Waals surface area (Å²) >= 11 is 0. The van der Waals surface area contributed by atoms with Crippen molar-refractivity contribution >= 4 is 27.9 Å². The molecular formula is C23H24N4O2. The predicted octanol–water partition coefficient (Wildman–Crippen LogP) is 4.10. The summed E-state index contributed by atoms with van der Waals surface area (Å²) in [7, 11) is 1.70. The van der Waals surface area contributed by atoms with Crippen LogP contribution in [0.5, 0.6) is 5.75 Å². The van der Waals surface area contributed by atoms with Gasteiger partial charge in [-0.3, -0.25) is 4.90 Å². The van der Waals surface area contributed by atoms with Crippen LogP contribution in [-0.4, -0.2) is 48.2 Å². The summed E-state index contributed by atoms with van der Waals surface area (Å²) in [5.74, 6) is 1.80. The lowest BCUT2D eigenvalue weighted by Gasteiger charge is -2.22. The number of anilines is 1. The van der Waals surface area contributed by atoms with Gasteiger partial charge >= 0.3 is 0 Å². The zero-order chi connectivity index (χ0) is 19.6. The van der Waals surface area contributed by atoms with Gasteiger partial charge < -0.3 is 14.1 Å². The van der Waals surface area contributed by atoms with E-state index in [2.05, 4.69) is 38.0 Å².